The number of sulfone groups is 1. The molecule has 1 saturated heterocycles. The van der Waals surface area contributed by atoms with Gasteiger partial charge in [0.25, 0.3) is 0 Å². The lowest BCUT2D eigenvalue weighted by atomic mass is 9.75. The summed E-state index contributed by atoms with van der Waals surface area (Å²) in [6.07, 6.45) is 3.56. The number of carbonyl (C=O) groups is 1. The molecule has 7 nitrogen and oxygen atoms in total. The molecule has 10 heteroatoms. The molecule has 0 aromatic heterocycles. The van der Waals surface area contributed by atoms with Crippen molar-refractivity contribution in [1.82, 2.24) is 5.32 Å². The van der Waals surface area contributed by atoms with E-state index in [4.69, 9.17) is 15.0 Å². The van der Waals surface area contributed by atoms with E-state index in [0.717, 1.165) is 19.1 Å². The van der Waals surface area contributed by atoms with Gasteiger partial charge in [0.1, 0.15) is 9.84 Å². The Labute approximate surface area is 193 Å². The molecule has 176 valence electrons. The highest BCUT2D eigenvalue weighted by Crippen LogP contribution is 2.38. The van der Waals surface area contributed by atoms with Gasteiger partial charge in [-0.05, 0) is 58.9 Å². The van der Waals surface area contributed by atoms with Gasteiger partial charge >= 0.3 is 7.12 Å². The number of nitrogens with one attached hydrogen (secondary N) is 1. The Kier molecular flexibility index (Phi) is 10.0. The number of carbonyl (C=O) groups excluding carboxylic acids is 1. The van der Waals surface area contributed by atoms with Crippen LogP contribution in [0.1, 0.15) is 52.5 Å². The second-order valence-electron chi connectivity index (χ2n) is 9.14. The third-order valence-corrected chi connectivity index (χ3v) is 6.86. The van der Waals surface area contributed by atoms with Crippen molar-refractivity contribution in [3.8, 4) is 0 Å². The largest absolute Gasteiger partial charge is 0.481 e. The van der Waals surface area contributed by atoms with Gasteiger partial charge in [0.15, 0.2) is 0 Å². The summed E-state index contributed by atoms with van der Waals surface area (Å²) in [6.45, 7) is 7.86. The Morgan fingerprint density at radius 2 is 1.65 bits per heavy atom. The van der Waals surface area contributed by atoms with E-state index in [1.165, 1.54) is 5.56 Å². The smallest absolute Gasteiger partial charge is 0.402 e. The standard InChI is InChI=1S/C21H35BN2O5S.ClH/c1-20(2)21(3,4)29-22(28-20)18(13-9-12-16-10-7-6-8-11-16)24-19(25)17(23)14-15-30(5,26)27;/h6-8,10-11,17-18H,9,12-15,23H2,1-5H3,(H,24,25);1H/t17-,18+;/m1./s1. The molecule has 0 bridgehead atoms. The summed E-state index contributed by atoms with van der Waals surface area (Å²) in [5.74, 6) is -0.902. The van der Waals surface area contributed by atoms with Crippen molar-refractivity contribution in [3.63, 3.8) is 0 Å². The Morgan fingerprint density at radius 3 is 2.16 bits per heavy atom. The van der Waals surface area contributed by atoms with Gasteiger partial charge in [-0.1, -0.05) is 30.3 Å². The molecule has 3 N–H and O–H groups in total. The summed E-state index contributed by atoms with van der Waals surface area (Å²) in [4.78, 5) is 12.6. The number of hydrogen-bond donors (Lipinski definition) is 2. The first-order valence-corrected chi connectivity index (χ1v) is 12.5. The summed E-state index contributed by atoms with van der Waals surface area (Å²) in [5.41, 5.74) is 6.13. The second kappa shape index (κ2) is 11.1. The molecule has 1 amide bonds. The number of amides is 1. The molecule has 0 aliphatic carbocycles. The first kappa shape index (κ1) is 27.9. The van der Waals surface area contributed by atoms with Gasteiger partial charge in [0.2, 0.25) is 5.91 Å². The van der Waals surface area contributed by atoms with E-state index in [9.17, 15) is 13.2 Å². The van der Waals surface area contributed by atoms with Crippen LogP contribution in [-0.4, -0.2) is 56.6 Å². The van der Waals surface area contributed by atoms with E-state index in [0.29, 0.717) is 6.42 Å². The number of benzene rings is 1. The van der Waals surface area contributed by atoms with E-state index in [1.807, 2.05) is 45.9 Å². The summed E-state index contributed by atoms with van der Waals surface area (Å²) in [7, 11) is -3.78. The van der Waals surface area contributed by atoms with Crippen molar-refractivity contribution in [2.24, 2.45) is 5.73 Å². The normalized spacial score (nSPS) is 19.4. The number of halogens is 1. The van der Waals surface area contributed by atoms with Crippen molar-refractivity contribution in [2.45, 2.75) is 76.6 Å². The number of hydrogen-bond acceptors (Lipinski definition) is 6. The summed E-state index contributed by atoms with van der Waals surface area (Å²) < 4.78 is 35.1. The molecule has 31 heavy (non-hydrogen) atoms. The van der Waals surface area contributed by atoms with Crippen molar-refractivity contribution in [3.05, 3.63) is 35.9 Å². The van der Waals surface area contributed by atoms with Gasteiger partial charge in [-0.2, -0.15) is 0 Å². The molecule has 1 aromatic carbocycles. The third-order valence-electron chi connectivity index (χ3n) is 5.89. The zero-order valence-corrected chi connectivity index (χ0v) is 20.7. The molecular formula is C21H36BClN2O5S. The van der Waals surface area contributed by atoms with Crippen molar-refractivity contribution in [1.29, 1.82) is 0 Å². The fourth-order valence-electron chi connectivity index (χ4n) is 3.26. The number of nitrogens with two attached hydrogens (primary N) is 1. The molecule has 1 aromatic rings. The van der Waals surface area contributed by atoms with Gasteiger partial charge < -0.3 is 20.4 Å². The monoisotopic (exact) mass is 474 g/mol. The molecule has 0 radical (unpaired) electrons. The molecule has 2 rings (SSSR count). The van der Waals surface area contributed by atoms with E-state index in [2.05, 4.69) is 17.4 Å². The first-order valence-electron chi connectivity index (χ1n) is 10.4. The van der Waals surface area contributed by atoms with Gasteiger partial charge in [-0.15, -0.1) is 12.4 Å². The quantitative estimate of drug-likeness (QED) is 0.504. The van der Waals surface area contributed by atoms with Crippen LogP contribution in [0.15, 0.2) is 30.3 Å². The predicted molar refractivity (Wildman–Crippen MR) is 127 cm³/mol. The zero-order chi connectivity index (χ0) is 22.6. The summed E-state index contributed by atoms with van der Waals surface area (Å²) in [6, 6.07) is 9.23. The average molecular weight is 475 g/mol. The highest BCUT2D eigenvalue weighted by Gasteiger charge is 2.54. The Balaban J connectivity index is 0.00000480. The van der Waals surface area contributed by atoms with Crippen LogP contribution in [0.3, 0.4) is 0 Å². The van der Waals surface area contributed by atoms with Crippen LogP contribution in [0.4, 0.5) is 0 Å². The van der Waals surface area contributed by atoms with Crippen LogP contribution in [0, 0.1) is 0 Å². The SMILES string of the molecule is CC1(C)OB([C@H](CCCc2ccccc2)NC(=O)[C@H](N)CCS(C)(=O)=O)OC1(C)C.Cl. The van der Waals surface area contributed by atoms with Gasteiger partial charge in [0, 0.05) is 6.26 Å². The maximum Gasteiger partial charge on any atom is 0.481 e. The molecule has 1 aliphatic rings. The van der Waals surface area contributed by atoms with Crippen LogP contribution in [0.2, 0.25) is 0 Å². The second-order valence-corrected chi connectivity index (χ2v) is 11.4. The lowest BCUT2D eigenvalue weighted by Crippen LogP contribution is -2.53. The van der Waals surface area contributed by atoms with E-state index < -0.39 is 40.1 Å². The van der Waals surface area contributed by atoms with Crippen molar-refractivity contribution in [2.75, 3.05) is 12.0 Å². The molecule has 2 atom stereocenters. The molecule has 0 saturated carbocycles. The van der Waals surface area contributed by atoms with Crippen LogP contribution < -0.4 is 11.1 Å². The fraction of sp³-hybridized carbons (Fsp3) is 0.667. The molecule has 1 fully saturated rings. The molecular weight excluding hydrogens is 439 g/mol. The predicted octanol–water partition coefficient (Wildman–Crippen LogP) is 2.31. The minimum Gasteiger partial charge on any atom is -0.402 e. The zero-order valence-electron chi connectivity index (χ0n) is 19.1. The lowest BCUT2D eigenvalue weighted by molar-refractivity contribution is -0.122. The van der Waals surface area contributed by atoms with Gasteiger partial charge in [-0.3, -0.25) is 4.79 Å². The van der Waals surface area contributed by atoms with Crippen LogP contribution in [0.5, 0.6) is 0 Å². The van der Waals surface area contributed by atoms with Gasteiger partial charge in [-0.25, -0.2) is 8.42 Å². The third kappa shape index (κ3) is 8.38. The topological polar surface area (TPSA) is 108 Å². The molecule has 0 unspecified atom stereocenters. The summed E-state index contributed by atoms with van der Waals surface area (Å²) in [5, 5.41) is 2.95. The Bertz CT molecular complexity index is 804. The van der Waals surface area contributed by atoms with E-state index in [-0.39, 0.29) is 30.5 Å². The van der Waals surface area contributed by atoms with Crippen LogP contribution >= 0.6 is 12.4 Å². The first-order chi connectivity index (χ1) is 13.8. The highest BCUT2D eigenvalue weighted by atomic mass is 35.5. The Hall–Kier alpha value is -1.13. The molecule has 1 heterocycles. The molecule has 1 aliphatic heterocycles. The molecule has 0 spiro atoms. The van der Waals surface area contributed by atoms with E-state index >= 15 is 0 Å². The van der Waals surface area contributed by atoms with Crippen molar-refractivity contribution >= 4 is 35.3 Å². The van der Waals surface area contributed by atoms with Crippen LogP contribution in [-0.2, 0) is 30.4 Å². The van der Waals surface area contributed by atoms with Gasteiger partial charge in [0.05, 0.1) is 28.9 Å². The average Bonchev–Trinajstić information content (AvgIpc) is 2.86. The van der Waals surface area contributed by atoms with Crippen molar-refractivity contribution < 1.29 is 22.5 Å². The van der Waals surface area contributed by atoms with Crippen LogP contribution in [0.25, 0.3) is 0 Å². The minimum atomic E-state index is -3.18. The summed E-state index contributed by atoms with van der Waals surface area (Å²) >= 11 is 0. The maximum absolute atomic E-state index is 12.6. The number of rotatable bonds is 10. The fourth-order valence-corrected chi connectivity index (χ4v) is 3.94. The highest BCUT2D eigenvalue weighted by molar-refractivity contribution is 7.90. The Morgan fingerprint density at radius 1 is 1.10 bits per heavy atom. The number of aryl methyl sites for hydroxylation is 1. The maximum atomic E-state index is 12.6. The lowest BCUT2D eigenvalue weighted by Gasteiger charge is -2.32. The minimum absolute atomic E-state index is 0. The van der Waals surface area contributed by atoms with E-state index in [1.54, 1.807) is 0 Å².